The summed E-state index contributed by atoms with van der Waals surface area (Å²) < 4.78 is 15.0. The molecule has 0 unspecified atom stereocenters. The van der Waals surface area contributed by atoms with Crippen LogP contribution < -0.4 is 9.64 Å². The summed E-state index contributed by atoms with van der Waals surface area (Å²) in [5.74, 6) is -1.06. The fraction of sp³-hybridized carbons (Fsp3) is 0.500. The first-order valence-electron chi connectivity index (χ1n) is 7.43. The number of carbonyl (C=O) groups is 1. The number of hydrogen-bond donors (Lipinski definition) is 0. The smallest absolute Gasteiger partial charge is 0.318 e. The summed E-state index contributed by atoms with van der Waals surface area (Å²) in [5, 5.41) is 22.5. The lowest BCUT2D eigenvalue weighted by Crippen LogP contribution is -2.36. The lowest BCUT2D eigenvalue weighted by Gasteiger charge is -2.28. The van der Waals surface area contributed by atoms with Crippen molar-refractivity contribution in [2.75, 3.05) is 44.9 Å². The number of ether oxygens (including phenoxy) is 3. The average molecular weight is 355 g/mol. The maximum absolute atomic E-state index is 11.8. The van der Waals surface area contributed by atoms with E-state index in [1.807, 2.05) is 0 Å². The topological polar surface area (TPSA) is 134 Å². The first kappa shape index (κ1) is 18.5. The number of nitrogens with zero attached hydrogens (tertiary/aromatic N) is 3. The zero-order chi connectivity index (χ0) is 18.4. The van der Waals surface area contributed by atoms with Gasteiger partial charge < -0.3 is 19.1 Å². The fourth-order valence-electron chi connectivity index (χ4n) is 2.33. The maximum Gasteiger partial charge on any atom is 0.318 e. The van der Waals surface area contributed by atoms with Gasteiger partial charge in [-0.25, -0.2) is 0 Å². The van der Waals surface area contributed by atoms with Crippen molar-refractivity contribution in [3.8, 4) is 5.75 Å². The summed E-state index contributed by atoms with van der Waals surface area (Å²) in [6, 6.07) is 1.97. The van der Waals surface area contributed by atoms with E-state index in [1.54, 1.807) is 4.90 Å². The van der Waals surface area contributed by atoms with E-state index in [4.69, 9.17) is 14.2 Å². The summed E-state index contributed by atoms with van der Waals surface area (Å²) in [6.45, 7) is 1.61. The molecule has 0 amide bonds. The van der Waals surface area contributed by atoms with Crippen molar-refractivity contribution in [2.24, 2.45) is 0 Å². The van der Waals surface area contributed by atoms with Crippen molar-refractivity contribution in [2.45, 2.75) is 6.42 Å². The van der Waals surface area contributed by atoms with E-state index in [9.17, 15) is 25.0 Å². The molecule has 0 radical (unpaired) electrons. The zero-order valence-electron chi connectivity index (χ0n) is 13.5. The van der Waals surface area contributed by atoms with Gasteiger partial charge in [0.05, 0.1) is 42.2 Å². The summed E-state index contributed by atoms with van der Waals surface area (Å²) in [6.07, 6.45) is -0.0997. The molecule has 1 fully saturated rings. The van der Waals surface area contributed by atoms with Crippen LogP contribution in [0.4, 0.5) is 17.1 Å². The lowest BCUT2D eigenvalue weighted by atomic mass is 10.2. The zero-order valence-corrected chi connectivity index (χ0v) is 13.5. The molecule has 0 atom stereocenters. The number of rotatable bonds is 7. The standard InChI is InChI=1S/C14H17N3O8/c1-23-5-2-14(18)25-13-9-10(15-3-6-24-7-4-15)11(16(19)20)8-12(13)17(21)22/h8-9H,2-7H2,1H3. The van der Waals surface area contributed by atoms with Crippen molar-refractivity contribution < 1.29 is 28.9 Å². The van der Waals surface area contributed by atoms with Crippen LogP contribution in [0.2, 0.25) is 0 Å². The SMILES string of the molecule is COCCC(=O)Oc1cc(N2CCOCC2)c([N+](=O)[O-])cc1[N+](=O)[O-]. The molecular formula is C14H17N3O8. The van der Waals surface area contributed by atoms with E-state index in [0.717, 1.165) is 12.1 Å². The first-order chi connectivity index (χ1) is 11.9. The number of nitro groups is 2. The minimum absolute atomic E-state index is 0.0932. The van der Waals surface area contributed by atoms with Crippen LogP contribution in [0.1, 0.15) is 6.42 Å². The molecule has 0 N–H and O–H groups in total. The lowest BCUT2D eigenvalue weighted by molar-refractivity contribution is -0.394. The van der Waals surface area contributed by atoms with Crippen LogP contribution in [0, 0.1) is 20.2 Å². The van der Waals surface area contributed by atoms with Gasteiger partial charge >= 0.3 is 11.7 Å². The van der Waals surface area contributed by atoms with E-state index in [0.29, 0.717) is 26.3 Å². The number of anilines is 1. The number of carbonyl (C=O) groups excluding carboxylic acids is 1. The molecule has 1 aliphatic heterocycles. The second-order valence-electron chi connectivity index (χ2n) is 5.14. The molecule has 2 rings (SSSR count). The Hall–Kier alpha value is -2.79. The highest BCUT2D eigenvalue weighted by Gasteiger charge is 2.30. The largest absolute Gasteiger partial charge is 0.419 e. The Morgan fingerprint density at radius 3 is 2.40 bits per heavy atom. The predicted octanol–water partition coefficient (Wildman–Crippen LogP) is 1.28. The number of esters is 1. The minimum Gasteiger partial charge on any atom is -0.419 e. The van der Waals surface area contributed by atoms with Gasteiger partial charge in [0, 0.05) is 26.3 Å². The summed E-state index contributed by atoms with van der Waals surface area (Å²) in [7, 11) is 1.40. The Labute approximate surface area is 142 Å². The van der Waals surface area contributed by atoms with Gasteiger partial charge in [-0.05, 0) is 0 Å². The van der Waals surface area contributed by atoms with Gasteiger partial charge in [0.15, 0.2) is 0 Å². The minimum atomic E-state index is -0.824. The molecular weight excluding hydrogens is 338 g/mol. The highest BCUT2D eigenvalue weighted by Crippen LogP contribution is 2.39. The first-order valence-corrected chi connectivity index (χ1v) is 7.43. The van der Waals surface area contributed by atoms with Crippen LogP contribution in [0.5, 0.6) is 5.75 Å². The summed E-state index contributed by atoms with van der Waals surface area (Å²) >= 11 is 0. The van der Waals surface area contributed by atoms with E-state index < -0.39 is 27.2 Å². The van der Waals surface area contributed by atoms with Gasteiger partial charge in [0.1, 0.15) is 5.69 Å². The Morgan fingerprint density at radius 1 is 1.20 bits per heavy atom. The third kappa shape index (κ3) is 4.61. The normalized spacial score (nSPS) is 14.2. The summed E-state index contributed by atoms with van der Waals surface area (Å²) in [5.41, 5.74) is -0.923. The quantitative estimate of drug-likeness (QED) is 0.307. The second kappa shape index (κ2) is 8.35. The van der Waals surface area contributed by atoms with Crippen molar-refractivity contribution in [1.82, 2.24) is 0 Å². The number of morpholine rings is 1. The third-order valence-electron chi connectivity index (χ3n) is 3.54. The highest BCUT2D eigenvalue weighted by atomic mass is 16.6. The van der Waals surface area contributed by atoms with E-state index in [1.165, 1.54) is 7.11 Å². The molecule has 0 aromatic heterocycles. The van der Waals surface area contributed by atoms with E-state index >= 15 is 0 Å². The molecule has 0 spiro atoms. The monoisotopic (exact) mass is 355 g/mol. The van der Waals surface area contributed by atoms with E-state index in [2.05, 4.69) is 0 Å². The number of benzene rings is 1. The van der Waals surface area contributed by atoms with Crippen LogP contribution in [-0.2, 0) is 14.3 Å². The van der Waals surface area contributed by atoms with Crippen molar-refractivity contribution in [3.05, 3.63) is 32.4 Å². The molecule has 25 heavy (non-hydrogen) atoms. The predicted molar refractivity (Wildman–Crippen MR) is 84.9 cm³/mol. The molecule has 1 heterocycles. The summed E-state index contributed by atoms with van der Waals surface area (Å²) in [4.78, 5) is 34.4. The van der Waals surface area contributed by atoms with Crippen molar-refractivity contribution in [3.63, 3.8) is 0 Å². The number of methoxy groups -OCH3 is 1. The van der Waals surface area contributed by atoms with Crippen LogP contribution in [0.15, 0.2) is 12.1 Å². The number of hydrogen-bond acceptors (Lipinski definition) is 9. The third-order valence-corrected chi connectivity index (χ3v) is 3.54. The van der Waals surface area contributed by atoms with Crippen LogP contribution in [0.25, 0.3) is 0 Å². The molecule has 0 aliphatic carbocycles. The van der Waals surface area contributed by atoms with Crippen molar-refractivity contribution >= 4 is 23.0 Å². The molecule has 11 heteroatoms. The van der Waals surface area contributed by atoms with Gasteiger partial charge in [0.2, 0.25) is 5.75 Å². The van der Waals surface area contributed by atoms with Crippen LogP contribution in [0.3, 0.4) is 0 Å². The van der Waals surface area contributed by atoms with Crippen LogP contribution >= 0.6 is 0 Å². The Morgan fingerprint density at radius 2 is 1.84 bits per heavy atom. The highest BCUT2D eigenvalue weighted by molar-refractivity contribution is 5.78. The number of nitro benzene ring substituents is 2. The Kier molecular flexibility index (Phi) is 6.19. The fourth-order valence-corrected chi connectivity index (χ4v) is 2.33. The van der Waals surface area contributed by atoms with Gasteiger partial charge in [-0.3, -0.25) is 25.0 Å². The Balaban J connectivity index is 2.43. The molecule has 1 aromatic carbocycles. The average Bonchev–Trinajstić information content (AvgIpc) is 2.59. The molecule has 136 valence electrons. The molecule has 1 aromatic rings. The molecule has 11 nitrogen and oxygen atoms in total. The molecule has 1 aliphatic rings. The molecule has 1 saturated heterocycles. The molecule has 0 saturated carbocycles. The van der Waals surface area contributed by atoms with Gasteiger partial charge in [-0.15, -0.1) is 0 Å². The Bertz CT molecular complexity index is 672. The van der Waals surface area contributed by atoms with Crippen molar-refractivity contribution in [1.29, 1.82) is 0 Å². The van der Waals surface area contributed by atoms with E-state index in [-0.39, 0.29) is 24.5 Å². The molecule has 0 bridgehead atoms. The van der Waals surface area contributed by atoms with Gasteiger partial charge in [0.25, 0.3) is 5.69 Å². The maximum atomic E-state index is 11.8. The van der Waals surface area contributed by atoms with Gasteiger partial charge in [-0.2, -0.15) is 0 Å². The van der Waals surface area contributed by atoms with Crippen LogP contribution in [-0.4, -0.2) is 55.8 Å². The second-order valence-corrected chi connectivity index (χ2v) is 5.14. The van der Waals surface area contributed by atoms with Gasteiger partial charge in [-0.1, -0.05) is 0 Å².